The predicted octanol–water partition coefficient (Wildman–Crippen LogP) is 3.89. The molecular formula is C24H38N4O2. The lowest BCUT2D eigenvalue weighted by molar-refractivity contribution is -0.136. The van der Waals surface area contributed by atoms with E-state index >= 15 is 0 Å². The third-order valence-electron chi connectivity index (χ3n) is 6.63. The second-order valence-electron chi connectivity index (χ2n) is 10.0. The van der Waals surface area contributed by atoms with Crippen molar-refractivity contribution >= 4 is 11.9 Å². The lowest BCUT2D eigenvalue weighted by Gasteiger charge is -2.47. The van der Waals surface area contributed by atoms with Crippen LogP contribution >= 0.6 is 0 Å². The fourth-order valence-electron chi connectivity index (χ4n) is 4.71. The van der Waals surface area contributed by atoms with E-state index in [2.05, 4.69) is 48.4 Å². The molecule has 3 amide bonds. The van der Waals surface area contributed by atoms with E-state index in [0.29, 0.717) is 13.1 Å². The van der Waals surface area contributed by atoms with E-state index in [4.69, 9.17) is 0 Å². The molecule has 6 nitrogen and oxygen atoms in total. The summed E-state index contributed by atoms with van der Waals surface area (Å²) in [4.78, 5) is 30.2. The first-order valence-electron chi connectivity index (χ1n) is 11.3. The van der Waals surface area contributed by atoms with Gasteiger partial charge in [-0.25, -0.2) is 4.79 Å². The Morgan fingerprint density at radius 1 is 1.20 bits per heavy atom. The summed E-state index contributed by atoms with van der Waals surface area (Å²) in [7, 11) is 0. The topological polar surface area (TPSA) is 64.7 Å². The Morgan fingerprint density at radius 3 is 2.33 bits per heavy atom. The van der Waals surface area contributed by atoms with Crippen molar-refractivity contribution in [3.05, 3.63) is 35.9 Å². The standard InChI is InChI=1S/C24H38N4O2/c1-7-17(2)20-21(29)28(18(3)19-11-9-8-10-12-19)24(25-20)13-15-27(16-14-24)22(30)26-23(4,5)6/h8-12,17-18,20,25H,7,13-16H2,1-6H3,(H,26,30)/t17-,18-,20-/m0/s1. The molecule has 1 aromatic rings. The fourth-order valence-corrected chi connectivity index (χ4v) is 4.71. The van der Waals surface area contributed by atoms with Crippen LogP contribution in [0.3, 0.4) is 0 Å². The zero-order valence-electron chi connectivity index (χ0n) is 19.4. The summed E-state index contributed by atoms with van der Waals surface area (Å²) in [5.74, 6) is 0.456. The minimum atomic E-state index is -0.404. The second-order valence-corrected chi connectivity index (χ2v) is 10.0. The van der Waals surface area contributed by atoms with Crippen LogP contribution in [0.4, 0.5) is 4.79 Å². The number of urea groups is 1. The molecule has 0 radical (unpaired) electrons. The van der Waals surface area contributed by atoms with E-state index in [0.717, 1.165) is 24.8 Å². The molecule has 30 heavy (non-hydrogen) atoms. The third kappa shape index (κ3) is 4.48. The van der Waals surface area contributed by atoms with Gasteiger partial charge in [-0.3, -0.25) is 10.1 Å². The molecule has 1 aromatic carbocycles. The van der Waals surface area contributed by atoms with Crippen LogP contribution in [0.25, 0.3) is 0 Å². The van der Waals surface area contributed by atoms with Gasteiger partial charge in [-0.15, -0.1) is 0 Å². The van der Waals surface area contributed by atoms with Crippen molar-refractivity contribution in [1.82, 2.24) is 20.4 Å². The number of amides is 3. The quantitative estimate of drug-likeness (QED) is 0.785. The molecule has 0 bridgehead atoms. The highest BCUT2D eigenvalue weighted by molar-refractivity contribution is 5.86. The number of likely N-dealkylation sites (tertiary alicyclic amines) is 1. The number of nitrogens with zero attached hydrogens (tertiary/aromatic N) is 2. The molecule has 2 aliphatic rings. The number of hydrogen-bond donors (Lipinski definition) is 2. The van der Waals surface area contributed by atoms with Gasteiger partial charge in [0.15, 0.2) is 0 Å². The van der Waals surface area contributed by atoms with E-state index in [1.807, 2.05) is 43.9 Å². The van der Waals surface area contributed by atoms with Crippen LogP contribution in [0.15, 0.2) is 30.3 Å². The van der Waals surface area contributed by atoms with Crippen LogP contribution in [0.2, 0.25) is 0 Å². The summed E-state index contributed by atoms with van der Waals surface area (Å²) in [6.45, 7) is 13.6. The summed E-state index contributed by atoms with van der Waals surface area (Å²) in [5, 5.41) is 6.79. The minimum absolute atomic E-state index is 0.0183. The van der Waals surface area contributed by atoms with Gasteiger partial charge >= 0.3 is 6.03 Å². The number of benzene rings is 1. The van der Waals surface area contributed by atoms with Crippen LogP contribution in [0, 0.1) is 5.92 Å². The van der Waals surface area contributed by atoms with E-state index in [1.165, 1.54) is 0 Å². The van der Waals surface area contributed by atoms with E-state index in [-0.39, 0.29) is 35.5 Å². The molecular weight excluding hydrogens is 376 g/mol. The van der Waals surface area contributed by atoms with Crippen LogP contribution in [-0.4, -0.2) is 52.1 Å². The van der Waals surface area contributed by atoms with Crippen LogP contribution in [0.5, 0.6) is 0 Å². The number of piperidine rings is 1. The van der Waals surface area contributed by atoms with E-state index in [9.17, 15) is 9.59 Å². The highest BCUT2D eigenvalue weighted by atomic mass is 16.2. The Kier molecular flexibility index (Phi) is 6.46. The Balaban J connectivity index is 1.83. The third-order valence-corrected chi connectivity index (χ3v) is 6.63. The monoisotopic (exact) mass is 414 g/mol. The summed E-state index contributed by atoms with van der Waals surface area (Å²) >= 11 is 0. The van der Waals surface area contributed by atoms with Crippen molar-refractivity contribution in [1.29, 1.82) is 0 Å². The highest BCUT2D eigenvalue weighted by Gasteiger charge is 2.54. The average Bonchev–Trinajstić information content (AvgIpc) is 2.98. The van der Waals surface area contributed by atoms with E-state index < -0.39 is 5.66 Å². The molecule has 2 N–H and O–H groups in total. The number of hydrogen-bond acceptors (Lipinski definition) is 3. The van der Waals surface area contributed by atoms with E-state index in [1.54, 1.807) is 0 Å². The molecule has 0 saturated carbocycles. The molecule has 166 valence electrons. The van der Waals surface area contributed by atoms with Crippen molar-refractivity contribution in [3.63, 3.8) is 0 Å². The van der Waals surface area contributed by atoms with Gasteiger partial charge in [0.05, 0.1) is 17.7 Å². The molecule has 2 saturated heterocycles. The SMILES string of the molecule is CC[C@H](C)[C@@H]1NC2(CCN(C(=O)NC(C)(C)C)CC2)N([C@@H](C)c2ccccc2)C1=O. The van der Waals surface area contributed by atoms with Gasteiger partial charge in [-0.1, -0.05) is 50.6 Å². The summed E-state index contributed by atoms with van der Waals surface area (Å²) in [6.07, 6.45) is 2.42. The number of rotatable bonds is 4. The first kappa shape index (κ1) is 22.6. The zero-order valence-corrected chi connectivity index (χ0v) is 19.4. The normalized spacial score (nSPS) is 23.5. The molecule has 2 fully saturated rings. The van der Waals surface area contributed by atoms with Crippen LogP contribution < -0.4 is 10.6 Å². The second kappa shape index (κ2) is 8.58. The molecule has 2 aliphatic heterocycles. The smallest absolute Gasteiger partial charge is 0.317 e. The molecule has 2 heterocycles. The van der Waals surface area contributed by atoms with Gasteiger partial charge < -0.3 is 15.1 Å². The maximum absolute atomic E-state index is 13.6. The molecule has 0 aliphatic carbocycles. The van der Waals surface area contributed by atoms with Crippen molar-refractivity contribution in [2.24, 2.45) is 5.92 Å². The number of nitrogens with one attached hydrogen (secondary N) is 2. The molecule has 3 atom stereocenters. The van der Waals surface area contributed by atoms with Gasteiger partial charge in [0, 0.05) is 31.5 Å². The highest BCUT2D eigenvalue weighted by Crippen LogP contribution is 2.40. The van der Waals surface area contributed by atoms with Crippen LogP contribution in [0.1, 0.15) is 72.4 Å². The molecule has 1 spiro atoms. The van der Waals surface area contributed by atoms with Gasteiger partial charge in [-0.05, 0) is 39.2 Å². The number of carbonyl (C=O) groups is 2. The fraction of sp³-hybridized carbons (Fsp3) is 0.667. The van der Waals surface area contributed by atoms with Gasteiger partial charge in [0.1, 0.15) is 0 Å². The largest absolute Gasteiger partial charge is 0.333 e. The summed E-state index contributed by atoms with van der Waals surface area (Å²) in [5.41, 5.74) is 0.479. The summed E-state index contributed by atoms with van der Waals surface area (Å²) in [6, 6.07) is 10.0. The molecule has 0 aromatic heterocycles. The van der Waals surface area contributed by atoms with Crippen molar-refractivity contribution in [2.75, 3.05) is 13.1 Å². The van der Waals surface area contributed by atoms with Crippen molar-refractivity contribution < 1.29 is 9.59 Å². The Bertz CT molecular complexity index is 750. The Labute approximate surface area is 181 Å². The Morgan fingerprint density at radius 2 is 1.80 bits per heavy atom. The molecule has 0 unspecified atom stereocenters. The van der Waals surface area contributed by atoms with Gasteiger partial charge in [-0.2, -0.15) is 0 Å². The first-order valence-corrected chi connectivity index (χ1v) is 11.3. The molecule has 3 rings (SSSR count). The lowest BCUT2D eigenvalue weighted by atomic mass is 9.93. The minimum Gasteiger partial charge on any atom is -0.333 e. The van der Waals surface area contributed by atoms with Gasteiger partial charge in [0.25, 0.3) is 0 Å². The Hall–Kier alpha value is -2.08. The first-order chi connectivity index (χ1) is 14.1. The van der Waals surface area contributed by atoms with Gasteiger partial charge in [0.2, 0.25) is 5.91 Å². The number of carbonyl (C=O) groups excluding carboxylic acids is 2. The van der Waals surface area contributed by atoms with Crippen molar-refractivity contribution in [2.45, 2.75) is 84.1 Å². The molecule has 6 heteroatoms. The maximum Gasteiger partial charge on any atom is 0.317 e. The van der Waals surface area contributed by atoms with Crippen molar-refractivity contribution in [3.8, 4) is 0 Å². The summed E-state index contributed by atoms with van der Waals surface area (Å²) < 4.78 is 0. The maximum atomic E-state index is 13.6. The predicted molar refractivity (Wildman–Crippen MR) is 120 cm³/mol. The average molecular weight is 415 g/mol. The van der Waals surface area contributed by atoms with Crippen LogP contribution in [-0.2, 0) is 4.79 Å². The lowest BCUT2D eigenvalue weighted by Crippen LogP contribution is -2.61. The zero-order chi connectivity index (χ0) is 22.1.